The van der Waals surface area contributed by atoms with Gasteiger partial charge in [-0.3, -0.25) is 4.79 Å². The van der Waals surface area contributed by atoms with Crippen LogP contribution in [0.2, 0.25) is 0 Å². The number of ether oxygens (including phenoxy) is 1. The molecule has 0 aliphatic carbocycles. The van der Waals surface area contributed by atoms with Gasteiger partial charge in [0.15, 0.2) is 5.60 Å². The van der Waals surface area contributed by atoms with E-state index in [-0.39, 0.29) is 42.9 Å². The molecule has 0 spiro atoms. The van der Waals surface area contributed by atoms with E-state index in [1.807, 2.05) is 0 Å². The number of benzene rings is 1. The summed E-state index contributed by atoms with van der Waals surface area (Å²) >= 11 is 0. The molecule has 3 aromatic rings. The summed E-state index contributed by atoms with van der Waals surface area (Å²) in [5.74, 6) is -0.821. The lowest BCUT2D eigenvalue weighted by Crippen LogP contribution is -2.44. The van der Waals surface area contributed by atoms with E-state index in [1.54, 1.807) is 19.1 Å². The molecule has 0 radical (unpaired) electrons. The zero-order chi connectivity index (χ0) is 23.0. The topological polar surface area (TPSA) is 102 Å². The van der Waals surface area contributed by atoms with Crippen molar-refractivity contribution in [2.75, 3.05) is 0 Å². The summed E-state index contributed by atoms with van der Waals surface area (Å²) in [6, 6.07) is 6.11. The van der Waals surface area contributed by atoms with Crippen molar-refractivity contribution in [1.29, 1.82) is 0 Å². The Kier molecular flexibility index (Phi) is 3.00. The van der Waals surface area contributed by atoms with Crippen LogP contribution in [0.5, 0.6) is 5.75 Å². The van der Waals surface area contributed by atoms with Crippen molar-refractivity contribution in [2.24, 2.45) is 0 Å². The van der Waals surface area contributed by atoms with E-state index in [0.29, 0.717) is 33.4 Å². The number of aromatic nitrogens is 2. The Morgan fingerprint density at radius 2 is 2.14 bits per heavy atom. The van der Waals surface area contributed by atoms with Crippen LogP contribution in [0, 0.1) is 0 Å². The highest BCUT2D eigenvalue weighted by molar-refractivity contribution is 5.89. The second-order valence-corrected chi connectivity index (χ2v) is 7.40. The average Bonchev–Trinajstić information content (AvgIpc) is 3.09. The van der Waals surface area contributed by atoms with E-state index in [0.717, 1.165) is 0 Å². The lowest BCUT2D eigenvalue weighted by atomic mass is 9.86. The number of aromatic hydroxyl groups is 1. The van der Waals surface area contributed by atoms with Crippen LogP contribution < -0.4 is 5.56 Å². The number of fused-ring (bicyclic) bond motifs is 5. The van der Waals surface area contributed by atoms with E-state index in [2.05, 4.69) is 4.98 Å². The first-order valence-electron chi connectivity index (χ1n) is 10.8. The molecule has 7 heteroatoms. The van der Waals surface area contributed by atoms with Crippen molar-refractivity contribution in [2.45, 2.75) is 45.4 Å². The molecule has 0 amide bonds. The standard InChI is InChI=1S/C22H20N2O5/c1-3-12-13-7-11(25)5-6-17(13)23-19-14(12)9-24-18(19)8-16-15(20(24)26)10-29-21(27)22(16,28)4-2/h5-8,25,28H,3-4,9-10H2,1-2H3/i1D3. The number of phenolic OH excluding ortho intramolecular Hbond substituents is 1. The van der Waals surface area contributed by atoms with Gasteiger partial charge in [0.25, 0.3) is 5.56 Å². The molecule has 1 atom stereocenters. The second kappa shape index (κ2) is 5.90. The molecule has 2 aromatic heterocycles. The molecule has 2 aliphatic rings. The molecule has 7 nitrogen and oxygen atoms in total. The summed E-state index contributed by atoms with van der Waals surface area (Å²) in [6.07, 6.45) is -0.232. The Morgan fingerprint density at radius 3 is 2.90 bits per heavy atom. The third-order valence-corrected chi connectivity index (χ3v) is 5.97. The van der Waals surface area contributed by atoms with Crippen LogP contribution in [0.3, 0.4) is 0 Å². The van der Waals surface area contributed by atoms with Gasteiger partial charge in [-0.25, -0.2) is 9.78 Å². The first kappa shape index (κ1) is 14.8. The van der Waals surface area contributed by atoms with Gasteiger partial charge in [-0.15, -0.1) is 0 Å². The van der Waals surface area contributed by atoms with Crippen molar-refractivity contribution in [3.8, 4) is 17.1 Å². The lowest BCUT2D eigenvalue weighted by Gasteiger charge is -2.31. The maximum atomic E-state index is 13.3. The number of hydrogen-bond donors (Lipinski definition) is 2. The van der Waals surface area contributed by atoms with Crippen molar-refractivity contribution in [1.82, 2.24) is 9.55 Å². The number of carbonyl (C=O) groups excluding carboxylic acids is 1. The van der Waals surface area contributed by atoms with Gasteiger partial charge in [-0.1, -0.05) is 13.8 Å². The molecule has 1 unspecified atom stereocenters. The molecular formula is C22H20N2O5. The fraction of sp³-hybridized carbons (Fsp3) is 0.318. The molecular weight excluding hydrogens is 372 g/mol. The molecule has 2 aliphatic heterocycles. The van der Waals surface area contributed by atoms with Crippen LogP contribution in [-0.2, 0) is 34.7 Å². The minimum absolute atomic E-state index is 0.0159. The number of aliphatic hydroxyl groups is 1. The number of cyclic esters (lactones) is 1. The normalized spacial score (nSPS) is 21.6. The van der Waals surface area contributed by atoms with E-state index < -0.39 is 24.0 Å². The lowest BCUT2D eigenvalue weighted by molar-refractivity contribution is -0.172. The molecule has 1 aromatic carbocycles. The summed E-state index contributed by atoms with van der Waals surface area (Å²) in [4.78, 5) is 30.3. The monoisotopic (exact) mass is 395 g/mol. The molecule has 29 heavy (non-hydrogen) atoms. The van der Waals surface area contributed by atoms with Crippen molar-refractivity contribution in [3.63, 3.8) is 0 Å². The number of aryl methyl sites for hydroxylation is 1. The number of phenols is 1. The molecule has 2 N–H and O–H groups in total. The zero-order valence-electron chi connectivity index (χ0n) is 18.7. The van der Waals surface area contributed by atoms with Crippen LogP contribution in [0.4, 0.5) is 0 Å². The highest BCUT2D eigenvalue weighted by Gasteiger charge is 2.45. The Balaban J connectivity index is 1.82. The van der Waals surface area contributed by atoms with Gasteiger partial charge in [0.2, 0.25) is 0 Å². The largest absolute Gasteiger partial charge is 0.508 e. The van der Waals surface area contributed by atoms with Crippen LogP contribution in [-0.4, -0.2) is 25.7 Å². The average molecular weight is 395 g/mol. The van der Waals surface area contributed by atoms with Gasteiger partial charge < -0.3 is 19.5 Å². The highest BCUT2D eigenvalue weighted by Crippen LogP contribution is 2.40. The van der Waals surface area contributed by atoms with Gasteiger partial charge >= 0.3 is 5.97 Å². The highest BCUT2D eigenvalue weighted by atomic mass is 16.6. The number of hydrogen-bond acceptors (Lipinski definition) is 6. The molecule has 0 bridgehead atoms. The number of nitrogens with zero attached hydrogens (tertiary/aromatic N) is 2. The Morgan fingerprint density at radius 1 is 1.31 bits per heavy atom. The minimum Gasteiger partial charge on any atom is -0.508 e. The molecule has 0 saturated heterocycles. The fourth-order valence-corrected chi connectivity index (χ4v) is 4.35. The summed E-state index contributed by atoms with van der Waals surface area (Å²) in [6.45, 7) is -0.798. The van der Waals surface area contributed by atoms with Crippen LogP contribution in [0.25, 0.3) is 22.3 Å². The van der Waals surface area contributed by atoms with Gasteiger partial charge in [0, 0.05) is 20.6 Å². The van der Waals surface area contributed by atoms with Gasteiger partial charge in [0.1, 0.15) is 12.4 Å². The smallest absolute Gasteiger partial charge is 0.343 e. The summed E-state index contributed by atoms with van der Waals surface area (Å²) in [5.41, 5.74) is 0.425. The van der Waals surface area contributed by atoms with Crippen LogP contribution >= 0.6 is 0 Å². The van der Waals surface area contributed by atoms with E-state index >= 15 is 0 Å². The molecule has 5 rings (SSSR count). The van der Waals surface area contributed by atoms with Gasteiger partial charge in [0.05, 0.1) is 29.0 Å². The molecule has 0 fully saturated rings. The number of carbonyl (C=O) groups is 1. The van der Waals surface area contributed by atoms with E-state index in [9.17, 15) is 19.8 Å². The van der Waals surface area contributed by atoms with Crippen molar-refractivity contribution < 1.29 is 23.9 Å². The summed E-state index contributed by atoms with van der Waals surface area (Å²) in [7, 11) is 0. The number of rotatable bonds is 2. The van der Waals surface area contributed by atoms with Crippen molar-refractivity contribution >= 4 is 16.9 Å². The van der Waals surface area contributed by atoms with Crippen molar-refractivity contribution in [3.05, 3.63) is 56.9 Å². The number of esters is 1. The maximum Gasteiger partial charge on any atom is 0.343 e. The Labute approximate surface area is 170 Å². The first-order chi connectivity index (χ1) is 15.0. The number of pyridine rings is 2. The fourth-order valence-electron chi connectivity index (χ4n) is 4.35. The van der Waals surface area contributed by atoms with E-state index in [1.165, 1.54) is 16.7 Å². The predicted molar refractivity (Wildman–Crippen MR) is 106 cm³/mol. The van der Waals surface area contributed by atoms with Crippen LogP contribution in [0.1, 0.15) is 46.6 Å². The zero-order valence-corrected chi connectivity index (χ0v) is 15.7. The summed E-state index contributed by atoms with van der Waals surface area (Å²) in [5, 5.41) is 21.5. The molecule has 0 saturated carbocycles. The first-order valence-corrected chi connectivity index (χ1v) is 9.35. The maximum absolute atomic E-state index is 13.3. The Bertz CT molecular complexity index is 1380. The predicted octanol–water partition coefficient (Wildman–Crippen LogP) is 2.35. The van der Waals surface area contributed by atoms with Gasteiger partial charge in [-0.05, 0) is 42.7 Å². The van der Waals surface area contributed by atoms with E-state index in [4.69, 9.17) is 8.85 Å². The summed E-state index contributed by atoms with van der Waals surface area (Å²) < 4.78 is 29.9. The third kappa shape index (κ3) is 2.25. The SMILES string of the molecule is [2H]C([2H])([2H])Cc1c2c(nc3ccc(O)cc13)-c1cc3c(c(=O)n1C2)COC(=O)C3(O)CC. The molecule has 4 heterocycles. The quantitative estimate of drug-likeness (QED) is 0.505. The second-order valence-electron chi connectivity index (χ2n) is 7.40. The molecule has 148 valence electrons. The minimum atomic E-state index is -2.28. The van der Waals surface area contributed by atoms with Gasteiger partial charge in [-0.2, -0.15) is 0 Å². The third-order valence-electron chi connectivity index (χ3n) is 5.97. The Hall–Kier alpha value is -3.19. The van der Waals surface area contributed by atoms with Crippen LogP contribution in [0.15, 0.2) is 29.1 Å².